The second-order valence-corrected chi connectivity index (χ2v) is 15.8. The van der Waals surface area contributed by atoms with Crippen LogP contribution in [0.1, 0.15) is 69.8 Å². The highest BCUT2D eigenvalue weighted by Gasteiger charge is 2.78. The topological polar surface area (TPSA) is 170 Å². The maximum atomic E-state index is 14.8. The van der Waals surface area contributed by atoms with Crippen molar-refractivity contribution in [3.8, 4) is 46.3 Å². The average molecular weight is 809 g/mol. The monoisotopic (exact) mass is 808 g/mol. The van der Waals surface area contributed by atoms with E-state index in [0.717, 1.165) is 22.3 Å². The van der Waals surface area contributed by atoms with Gasteiger partial charge in [-0.05, 0) is 67.5 Å². The van der Waals surface area contributed by atoms with Crippen LogP contribution in [-0.4, -0.2) is 79.5 Å². The van der Waals surface area contributed by atoms with Gasteiger partial charge in [-0.25, -0.2) is 4.79 Å². The van der Waals surface area contributed by atoms with Crippen molar-refractivity contribution < 1.29 is 47.9 Å². The van der Waals surface area contributed by atoms with Crippen molar-refractivity contribution in [3.63, 3.8) is 0 Å². The van der Waals surface area contributed by atoms with Crippen LogP contribution in [0.3, 0.4) is 0 Å². The van der Waals surface area contributed by atoms with Gasteiger partial charge in [-0.3, -0.25) is 10.1 Å². The summed E-state index contributed by atoms with van der Waals surface area (Å²) in [4.78, 5) is 29.6. The van der Waals surface area contributed by atoms with E-state index in [1.807, 2.05) is 13.8 Å². The van der Waals surface area contributed by atoms with E-state index in [1.54, 1.807) is 25.3 Å². The van der Waals surface area contributed by atoms with E-state index in [-0.39, 0.29) is 48.7 Å². The first-order valence-electron chi connectivity index (χ1n) is 19.2. The number of nitrogens with zero attached hydrogens (tertiary/aromatic N) is 2. The number of piperazine rings is 1. The smallest absolute Gasteiger partial charge is 0.336 e. The average Bonchev–Trinajstić information content (AvgIpc) is 3.74. The molecule has 0 amide bonds. The first kappa shape index (κ1) is 38.0. The van der Waals surface area contributed by atoms with Gasteiger partial charge < -0.3 is 48.5 Å². The summed E-state index contributed by atoms with van der Waals surface area (Å²) in [6, 6.07) is 6.97. The highest BCUT2D eigenvalue weighted by atomic mass is 32.1. The SMILES string of the molecule is C=CCOc1c(OC)c(C)cc2c1[C@H]1NC3C2[C@@]3(C#N)N2/C(=C/OC(=O)[C@]3(CS)NCCc4cc(O)c(OC)cc43)c3c(c(OC(C)=O)c(C)c4c3OCO4)CCC12. The highest BCUT2D eigenvalue weighted by molar-refractivity contribution is 7.80. The van der Waals surface area contributed by atoms with Gasteiger partial charge in [-0.2, -0.15) is 17.9 Å². The molecular weight excluding hydrogens is 765 g/mol. The molecule has 1 saturated carbocycles. The van der Waals surface area contributed by atoms with Gasteiger partial charge in [0.1, 0.15) is 18.6 Å². The van der Waals surface area contributed by atoms with Gasteiger partial charge in [0.05, 0.1) is 49.7 Å². The molecule has 302 valence electrons. The Bertz CT molecular complexity index is 2390. The summed E-state index contributed by atoms with van der Waals surface area (Å²) in [5.41, 5.74) is 3.66. The number of rotatable bonds is 9. The van der Waals surface area contributed by atoms with Crippen LogP contribution < -0.4 is 39.1 Å². The Morgan fingerprint density at radius 2 is 1.93 bits per heavy atom. The summed E-state index contributed by atoms with van der Waals surface area (Å²) in [6.07, 6.45) is 4.52. The van der Waals surface area contributed by atoms with Crippen LogP contribution in [0.5, 0.6) is 40.2 Å². The molecule has 0 aromatic heterocycles. The number of benzene rings is 3. The van der Waals surface area contributed by atoms with Crippen LogP contribution in [0, 0.1) is 25.2 Å². The van der Waals surface area contributed by atoms with E-state index in [2.05, 4.69) is 46.9 Å². The summed E-state index contributed by atoms with van der Waals surface area (Å²) < 4.78 is 42.3. The lowest BCUT2D eigenvalue weighted by Crippen LogP contribution is -2.57. The number of esters is 2. The second kappa shape index (κ2) is 13.8. The largest absolute Gasteiger partial charge is 0.504 e. The fourth-order valence-corrected chi connectivity index (χ4v) is 10.6. The van der Waals surface area contributed by atoms with Crippen molar-refractivity contribution in [1.82, 2.24) is 15.5 Å². The third-order valence-corrected chi connectivity index (χ3v) is 13.1. The molecule has 2 fully saturated rings. The molecule has 6 aliphatic rings. The normalized spacial score (nSPS) is 27.1. The molecule has 58 heavy (non-hydrogen) atoms. The van der Waals surface area contributed by atoms with E-state index in [4.69, 9.17) is 33.2 Å². The van der Waals surface area contributed by atoms with Gasteiger partial charge in [-0.15, -0.1) is 0 Å². The van der Waals surface area contributed by atoms with Gasteiger partial charge in [0.15, 0.2) is 45.6 Å². The van der Waals surface area contributed by atoms with Crippen LogP contribution in [0.15, 0.2) is 37.1 Å². The van der Waals surface area contributed by atoms with Crippen LogP contribution in [0.25, 0.3) is 5.70 Å². The zero-order chi connectivity index (χ0) is 40.8. The van der Waals surface area contributed by atoms with Crippen LogP contribution >= 0.6 is 12.6 Å². The Morgan fingerprint density at radius 3 is 2.64 bits per heavy atom. The van der Waals surface area contributed by atoms with Gasteiger partial charge in [-0.1, -0.05) is 18.7 Å². The minimum absolute atomic E-state index is 0.0171. The standard InChI is InChI=1S/C43H44N4O10S/c1-7-12-53-39-32-25(13-20(2)35(39)52-6)33-40-43(33,17-44)47-27(34(32)46-40)9-8-24-31(38-37(55-19-56-38)21(3)36(24)57-22(4)48)28(47)16-54-41(50)42(18-58)26-15-30(51-5)29(49)14-23(26)10-11-45-42/h7,13-16,27,33-34,40,45-46,49,58H,1,8-12,18-19H2,2-6H3/b28-16+/t27?,33?,34-,40?,42+,43+/m0/s1. The zero-order valence-electron chi connectivity index (χ0n) is 32.8. The molecule has 5 aliphatic heterocycles. The molecule has 14 nitrogen and oxygen atoms in total. The third kappa shape index (κ3) is 5.10. The van der Waals surface area contributed by atoms with Crippen LogP contribution in [0.2, 0.25) is 0 Å². The van der Waals surface area contributed by atoms with E-state index in [1.165, 1.54) is 20.3 Å². The third-order valence-electron chi connectivity index (χ3n) is 12.6. The number of hydrogen-bond acceptors (Lipinski definition) is 15. The number of thiol groups is 1. The van der Waals surface area contributed by atoms with Crippen LogP contribution in [0.4, 0.5) is 0 Å². The molecule has 3 aromatic carbocycles. The number of hydrogen-bond donors (Lipinski definition) is 4. The number of carbonyl (C=O) groups is 2. The number of fused-ring (bicyclic) bond motifs is 12. The predicted molar refractivity (Wildman–Crippen MR) is 213 cm³/mol. The Labute approximate surface area is 341 Å². The lowest BCUT2D eigenvalue weighted by molar-refractivity contribution is -0.145. The number of ether oxygens (including phenoxy) is 7. The minimum atomic E-state index is -1.43. The predicted octanol–water partition coefficient (Wildman–Crippen LogP) is 4.76. The number of phenolic OH excluding ortho intramolecular Hbond substituents is 1. The molecule has 0 radical (unpaired) electrons. The number of nitrogens with one attached hydrogen (secondary N) is 2. The van der Waals surface area contributed by atoms with Crippen molar-refractivity contribution in [1.29, 1.82) is 5.26 Å². The van der Waals surface area contributed by atoms with Gasteiger partial charge in [0.25, 0.3) is 0 Å². The van der Waals surface area contributed by atoms with E-state index in [0.29, 0.717) is 82.5 Å². The lowest BCUT2D eigenvalue weighted by atomic mass is 9.83. The van der Waals surface area contributed by atoms with Crippen LogP contribution in [-0.2, 0) is 32.7 Å². The number of carbonyl (C=O) groups excluding carboxylic acids is 2. The second-order valence-electron chi connectivity index (χ2n) is 15.5. The number of nitriles is 1. The quantitative estimate of drug-likeness (QED) is 0.0768. The number of methoxy groups -OCH3 is 2. The first-order chi connectivity index (χ1) is 28.0. The zero-order valence-corrected chi connectivity index (χ0v) is 33.7. The Hall–Kier alpha value is -5.56. The van der Waals surface area contributed by atoms with E-state index < -0.39 is 29.1 Å². The fraction of sp³-hybridized carbons (Fsp3) is 0.419. The number of aryl methyl sites for hydroxylation is 1. The molecule has 0 spiro atoms. The molecule has 5 heterocycles. The minimum Gasteiger partial charge on any atom is -0.504 e. The first-order valence-corrected chi connectivity index (χ1v) is 19.9. The summed E-state index contributed by atoms with van der Waals surface area (Å²) >= 11 is 4.67. The molecule has 15 heteroatoms. The van der Waals surface area contributed by atoms with Gasteiger partial charge in [0.2, 0.25) is 6.79 Å². The number of phenols is 1. The fourth-order valence-electron chi connectivity index (χ4n) is 10.2. The Balaban J connectivity index is 1.27. The molecule has 1 saturated heterocycles. The van der Waals surface area contributed by atoms with Gasteiger partial charge in [0, 0.05) is 41.8 Å². The molecule has 6 atom stereocenters. The summed E-state index contributed by atoms with van der Waals surface area (Å²) in [6.45, 7) is 9.55. The maximum absolute atomic E-state index is 14.8. The molecule has 3 aromatic rings. The summed E-state index contributed by atoms with van der Waals surface area (Å²) in [7, 11) is 3.06. The van der Waals surface area contributed by atoms with E-state index in [9.17, 15) is 20.0 Å². The summed E-state index contributed by atoms with van der Waals surface area (Å²) in [5.74, 6) is 1.00. The molecule has 2 bridgehead atoms. The Morgan fingerprint density at radius 1 is 1.14 bits per heavy atom. The van der Waals surface area contributed by atoms with Crippen molar-refractivity contribution in [2.75, 3.05) is 39.9 Å². The van der Waals surface area contributed by atoms with E-state index >= 15 is 0 Å². The summed E-state index contributed by atoms with van der Waals surface area (Å²) in [5, 5.41) is 29.2. The molecule has 3 N–H and O–H groups in total. The van der Waals surface area contributed by atoms with Crippen molar-refractivity contribution >= 4 is 30.3 Å². The van der Waals surface area contributed by atoms with Crippen molar-refractivity contribution in [2.24, 2.45) is 0 Å². The maximum Gasteiger partial charge on any atom is 0.336 e. The molecular formula is C43H44N4O10S. The lowest BCUT2D eigenvalue weighted by Gasteiger charge is -2.46. The molecule has 9 rings (SSSR count). The van der Waals surface area contributed by atoms with Gasteiger partial charge >= 0.3 is 11.9 Å². The Kier molecular flexibility index (Phi) is 9.03. The van der Waals surface area contributed by atoms with Crippen molar-refractivity contribution in [3.05, 3.63) is 81.6 Å². The number of aromatic hydroxyl groups is 1. The molecule has 3 unspecified atom stereocenters. The van der Waals surface area contributed by atoms with Crippen molar-refractivity contribution in [2.45, 2.75) is 75.2 Å². The molecule has 1 aliphatic carbocycles. The highest BCUT2D eigenvalue weighted by Crippen LogP contribution is 2.70.